The van der Waals surface area contributed by atoms with E-state index in [1.54, 1.807) is 11.3 Å². The molecule has 1 amide bonds. The number of carbonyl (C=O) groups excluding carboxylic acids is 1. The van der Waals surface area contributed by atoms with Crippen LogP contribution in [0.2, 0.25) is 0 Å². The zero-order chi connectivity index (χ0) is 20.8. The minimum atomic E-state index is -0.0554. The molecule has 0 aliphatic carbocycles. The van der Waals surface area contributed by atoms with E-state index in [1.165, 1.54) is 17.3 Å². The largest absolute Gasteiger partial charge is 0.325 e. The van der Waals surface area contributed by atoms with E-state index < -0.39 is 0 Å². The van der Waals surface area contributed by atoms with Gasteiger partial charge in [-0.3, -0.25) is 9.36 Å². The molecule has 7 heteroatoms. The summed E-state index contributed by atoms with van der Waals surface area (Å²) in [6, 6.07) is 22.2. The molecule has 2 aromatic carbocycles. The number of hydrogen-bond acceptors (Lipinski definition) is 5. The zero-order valence-corrected chi connectivity index (χ0v) is 18.2. The highest BCUT2D eigenvalue weighted by molar-refractivity contribution is 7.99. The van der Waals surface area contributed by atoms with Gasteiger partial charge in [-0.05, 0) is 41.1 Å². The van der Waals surface area contributed by atoms with Crippen LogP contribution in [0.5, 0.6) is 0 Å². The van der Waals surface area contributed by atoms with E-state index in [0.717, 1.165) is 33.5 Å². The third-order valence-electron chi connectivity index (χ3n) is 4.59. The smallest absolute Gasteiger partial charge is 0.234 e. The summed E-state index contributed by atoms with van der Waals surface area (Å²) in [5, 5.41) is 14.5. The Morgan fingerprint density at radius 1 is 1.03 bits per heavy atom. The van der Waals surface area contributed by atoms with Gasteiger partial charge in [-0.25, -0.2) is 0 Å². The average Bonchev–Trinajstić information content (AvgIpc) is 3.43. The molecule has 4 aromatic rings. The predicted octanol–water partition coefficient (Wildman–Crippen LogP) is 5.35. The van der Waals surface area contributed by atoms with Gasteiger partial charge in [-0.15, -0.1) is 21.5 Å². The molecule has 0 bridgehead atoms. The van der Waals surface area contributed by atoms with E-state index in [2.05, 4.69) is 45.2 Å². The molecule has 0 aliphatic heterocycles. The average molecular weight is 435 g/mol. The molecule has 2 heterocycles. The van der Waals surface area contributed by atoms with Gasteiger partial charge in [0.05, 0.1) is 17.2 Å². The van der Waals surface area contributed by atoms with Crippen LogP contribution in [0.4, 0.5) is 5.69 Å². The summed E-state index contributed by atoms with van der Waals surface area (Å²) >= 11 is 3.04. The number of aryl methyl sites for hydroxylation is 1. The molecule has 0 radical (unpaired) electrons. The van der Waals surface area contributed by atoms with Crippen molar-refractivity contribution in [2.45, 2.75) is 25.0 Å². The first-order chi connectivity index (χ1) is 14.7. The van der Waals surface area contributed by atoms with Crippen LogP contribution in [0.25, 0.3) is 10.7 Å². The lowest BCUT2D eigenvalue weighted by Crippen LogP contribution is -2.15. The number of benzene rings is 2. The van der Waals surface area contributed by atoms with Gasteiger partial charge in [0.1, 0.15) is 0 Å². The fourth-order valence-corrected chi connectivity index (χ4v) is 4.54. The van der Waals surface area contributed by atoms with Crippen molar-refractivity contribution in [3.63, 3.8) is 0 Å². The molecular formula is C23H22N4OS2. The van der Waals surface area contributed by atoms with Crippen LogP contribution in [0, 0.1) is 0 Å². The fourth-order valence-electron chi connectivity index (χ4n) is 3.09. The van der Waals surface area contributed by atoms with Crippen molar-refractivity contribution in [2.75, 3.05) is 11.1 Å². The van der Waals surface area contributed by atoms with Crippen molar-refractivity contribution in [3.05, 3.63) is 83.2 Å². The highest BCUT2D eigenvalue weighted by Gasteiger charge is 2.17. The standard InChI is InChI=1S/C23H22N4OS2/c1-2-17-10-6-11-19(14-17)24-21(28)16-30-23-26-25-22(20-12-7-13-29-20)27(23)15-18-8-4-3-5-9-18/h3-14H,2,15-16H2,1H3,(H,24,28). The predicted molar refractivity (Wildman–Crippen MR) is 124 cm³/mol. The highest BCUT2D eigenvalue weighted by atomic mass is 32.2. The molecule has 0 saturated heterocycles. The minimum absolute atomic E-state index is 0.0554. The van der Waals surface area contributed by atoms with E-state index in [9.17, 15) is 4.79 Å². The van der Waals surface area contributed by atoms with Crippen molar-refractivity contribution in [1.82, 2.24) is 14.8 Å². The Kier molecular flexibility index (Phi) is 6.61. The quantitative estimate of drug-likeness (QED) is 0.380. The monoisotopic (exact) mass is 434 g/mol. The molecule has 152 valence electrons. The first kappa shape index (κ1) is 20.4. The van der Waals surface area contributed by atoms with Crippen LogP contribution in [-0.4, -0.2) is 26.4 Å². The molecular weight excluding hydrogens is 412 g/mol. The molecule has 0 fully saturated rings. The second kappa shape index (κ2) is 9.73. The number of thiophene rings is 1. The zero-order valence-electron chi connectivity index (χ0n) is 16.6. The Hall–Kier alpha value is -2.90. The lowest BCUT2D eigenvalue weighted by atomic mass is 10.1. The topological polar surface area (TPSA) is 59.8 Å². The third-order valence-corrected chi connectivity index (χ3v) is 6.43. The van der Waals surface area contributed by atoms with E-state index >= 15 is 0 Å². The molecule has 0 spiro atoms. The summed E-state index contributed by atoms with van der Waals surface area (Å²) < 4.78 is 2.08. The van der Waals surface area contributed by atoms with Gasteiger partial charge in [0.15, 0.2) is 11.0 Å². The van der Waals surface area contributed by atoms with Crippen molar-refractivity contribution < 1.29 is 4.79 Å². The third kappa shape index (κ3) is 4.98. The van der Waals surface area contributed by atoms with E-state index in [0.29, 0.717) is 6.54 Å². The Balaban J connectivity index is 1.50. The Labute approximate surface area is 184 Å². The van der Waals surface area contributed by atoms with Crippen LogP contribution in [0.15, 0.2) is 77.3 Å². The van der Waals surface area contributed by atoms with Gasteiger partial charge in [0, 0.05) is 5.69 Å². The lowest BCUT2D eigenvalue weighted by Gasteiger charge is -2.10. The highest BCUT2D eigenvalue weighted by Crippen LogP contribution is 2.28. The molecule has 0 saturated carbocycles. The number of anilines is 1. The van der Waals surface area contributed by atoms with Crippen LogP contribution in [0.1, 0.15) is 18.1 Å². The lowest BCUT2D eigenvalue weighted by molar-refractivity contribution is -0.113. The number of amides is 1. The number of rotatable bonds is 8. The number of aromatic nitrogens is 3. The molecule has 4 rings (SSSR count). The van der Waals surface area contributed by atoms with Crippen LogP contribution in [-0.2, 0) is 17.8 Å². The molecule has 0 atom stereocenters. The number of thioether (sulfide) groups is 1. The Morgan fingerprint density at radius 2 is 1.87 bits per heavy atom. The summed E-state index contributed by atoms with van der Waals surface area (Å²) in [5.41, 5.74) is 3.19. The van der Waals surface area contributed by atoms with Gasteiger partial charge in [-0.2, -0.15) is 0 Å². The van der Waals surface area contributed by atoms with E-state index in [1.807, 2.05) is 53.9 Å². The number of nitrogens with zero attached hydrogens (tertiary/aromatic N) is 3. The maximum absolute atomic E-state index is 12.5. The summed E-state index contributed by atoms with van der Waals surface area (Å²) in [7, 11) is 0. The fraction of sp³-hybridized carbons (Fsp3) is 0.174. The first-order valence-electron chi connectivity index (χ1n) is 9.75. The Morgan fingerprint density at radius 3 is 2.63 bits per heavy atom. The van der Waals surface area contributed by atoms with Crippen molar-refractivity contribution >= 4 is 34.7 Å². The number of nitrogens with one attached hydrogen (secondary N) is 1. The molecule has 1 N–H and O–H groups in total. The minimum Gasteiger partial charge on any atom is -0.325 e. The normalized spacial score (nSPS) is 10.8. The first-order valence-corrected chi connectivity index (χ1v) is 11.6. The number of carbonyl (C=O) groups is 1. The second-order valence-electron chi connectivity index (χ2n) is 6.75. The van der Waals surface area contributed by atoms with Crippen LogP contribution >= 0.6 is 23.1 Å². The van der Waals surface area contributed by atoms with Crippen LogP contribution < -0.4 is 5.32 Å². The van der Waals surface area contributed by atoms with Gasteiger partial charge in [-0.1, -0.05) is 67.2 Å². The molecule has 30 heavy (non-hydrogen) atoms. The molecule has 5 nitrogen and oxygen atoms in total. The maximum Gasteiger partial charge on any atom is 0.234 e. The van der Waals surface area contributed by atoms with Gasteiger partial charge in [0.25, 0.3) is 0 Å². The second-order valence-corrected chi connectivity index (χ2v) is 8.64. The summed E-state index contributed by atoms with van der Waals surface area (Å²) in [4.78, 5) is 13.6. The summed E-state index contributed by atoms with van der Waals surface area (Å²) in [6.45, 7) is 2.76. The maximum atomic E-state index is 12.5. The van der Waals surface area contributed by atoms with Crippen molar-refractivity contribution in [1.29, 1.82) is 0 Å². The number of hydrogen-bond donors (Lipinski definition) is 1. The summed E-state index contributed by atoms with van der Waals surface area (Å²) in [5.74, 6) is 1.04. The van der Waals surface area contributed by atoms with Crippen molar-refractivity contribution in [2.24, 2.45) is 0 Å². The molecule has 0 aliphatic rings. The molecule has 2 aromatic heterocycles. The Bertz CT molecular complexity index is 1110. The molecule has 0 unspecified atom stereocenters. The van der Waals surface area contributed by atoms with E-state index in [-0.39, 0.29) is 11.7 Å². The van der Waals surface area contributed by atoms with Gasteiger partial charge < -0.3 is 5.32 Å². The van der Waals surface area contributed by atoms with Gasteiger partial charge >= 0.3 is 0 Å². The van der Waals surface area contributed by atoms with E-state index in [4.69, 9.17) is 0 Å². The SMILES string of the molecule is CCc1cccc(NC(=O)CSc2nnc(-c3cccs3)n2Cc2ccccc2)c1. The summed E-state index contributed by atoms with van der Waals surface area (Å²) in [6.07, 6.45) is 0.937. The van der Waals surface area contributed by atoms with Crippen LogP contribution in [0.3, 0.4) is 0 Å². The van der Waals surface area contributed by atoms with Crippen molar-refractivity contribution in [3.8, 4) is 10.7 Å². The van der Waals surface area contributed by atoms with Gasteiger partial charge in [0.2, 0.25) is 5.91 Å².